The van der Waals surface area contributed by atoms with Crippen LogP contribution < -0.4 is 5.32 Å². The van der Waals surface area contributed by atoms with Crippen molar-refractivity contribution < 1.29 is 19.1 Å². The van der Waals surface area contributed by atoms with E-state index in [0.717, 1.165) is 0 Å². The number of hydrogen-bond acceptors (Lipinski definition) is 5. The van der Waals surface area contributed by atoms with Crippen molar-refractivity contribution in [3.8, 4) is 0 Å². The van der Waals surface area contributed by atoms with Crippen LogP contribution in [0.1, 0.15) is 6.92 Å². The molecular weight excluding hydrogens is 200 g/mol. The summed E-state index contributed by atoms with van der Waals surface area (Å²) in [6.07, 6.45) is -0.592. The Balaban J connectivity index is 2.35. The highest BCUT2D eigenvalue weighted by atomic mass is 16.6. The maximum absolute atomic E-state index is 11.4. The molecule has 1 rings (SSSR count). The van der Waals surface area contributed by atoms with Gasteiger partial charge in [-0.2, -0.15) is 0 Å². The lowest BCUT2D eigenvalue weighted by Gasteiger charge is -2.30. The van der Waals surface area contributed by atoms with Gasteiger partial charge in [-0.05, 0) is 6.92 Å². The predicted molar refractivity (Wildman–Crippen MR) is 52.4 cm³/mol. The number of carbonyl (C=O) groups excluding carboxylic acids is 2. The highest BCUT2D eigenvalue weighted by Crippen LogP contribution is 2.01. The van der Waals surface area contributed by atoms with Crippen LogP contribution in [0.5, 0.6) is 0 Å². The molecule has 1 amide bonds. The van der Waals surface area contributed by atoms with Crippen molar-refractivity contribution in [1.29, 1.82) is 0 Å². The molecular formula is C9H16N2O4. The number of nitrogens with zero attached hydrogens (tertiary/aromatic N) is 1. The molecule has 0 bridgehead atoms. The molecule has 1 fully saturated rings. The molecule has 1 heterocycles. The number of piperazine rings is 1. The van der Waals surface area contributed by atoms with Crippen molar-refractivity contribution in [1.82, 2.24) is 10.2 Å². The first-order chi connectivity index (χ1) is 7.13. The van der Waals surface area contributed by atoms with Gasteiger partial charge in [0.15, 0.2) is 0 Å². The van der Waals surface area contributed by atoms with E-state index < -0.39 is 12.1 Å². The van der Waals surface area contributed by atoms with Gasteiger partial charge >= 0.3 is 12.1 Å². The number of nitrogens with one attached hydrogen (secondary N) is 1. The Hall–Kier alpha value is -1.14. The van der Waals surface area contributed by atoms with Gasteiger partial charge in [0.25, 0.3) is 0 Å². The molecule has 1 aliphatic rings. The van der Waals surface area contributed by atoms with E-state index in [0.29, 0.717) is 19.6 Å². The number of methoxy groups -OCH3 is 1. The SMILES string of the molecule is COCC(=O)OC(=O)N1CCNC(C)C1. The third-order valence-corrected chi connectivity index (χ3v) is 2.09. The van der Waals surface area contributed by atoms with Crippen LogP contribution in [0.25, 0.3) is 0 Å². The fourth-order valence-electron chi connectivity index (χ4n) is 1.41. The van der Waals surface area contributed by atoms with Crippen molar-refractivity contribution in [2.75, 3.05) is 33.4 Å². The van der Waals surface area contributed by atoms with Crippen molar-refractivity contribution >= 4 is 12.1 Å². The van der Waals surface area contributed by atoms with Crippen LogP contribution in [0.2, 0.25) is 0 Å². The number of amides is 1. The molecule has 0 saturated carbocycles. The Morgan fingerprint density at radius 1 is 1.53 bits per heavy atom. The molecule has 0 spiro atoms. The maximum atomic E-state index is 11.4. The molecule has 0 aromatic rings. The van der Waals surface area contributed by atoms with Gasteiger partial charge in [0.05, 0.1) is 0 Å². The summed E-state index contributed by atoms with van der Waals surface area (Å²) in [5, 5.41) is 3.19. The molecule has 15 heavy (non-hydrogen) atoms. The fraction of sp³-hybridized carbons (Fsp3) is 0.778. The number of rotatable bonds is 2. The van der Waals surface area contributed by atoms with Gasteiger partial charge in [0.1, 0.15) is 6.61 Å². The Kier molecular flexibility index (Phi) is 4.51. The molecule has 1 aliphatic heterocycles. The quantitative estimate of drug-likeness (QED) is 0.502. The lowest BCUT2D eigenvalue weighted by Crippen LogP contribution is -2.51. The van der Waals surface area contributed by atoms with Crippen LogP contribution in [0.4, 0.5) is 4.79 Å². The number of ether oxygens (including phenoxy) is 2. The van der Waals surface area contributed by atoms with Gasteiger partial charge in [-0.3, -0.25) is 0 Å². The number of esters is 1. The van der Waals surface area contributed by atoms with Gasteiger partial charge in [-0.25, -0.2) is 9.59 Å². The minimum absolute atomic E-state index is 0.201. The molecule has 86 valence electrons. The largest absolute Gasteiger partial charge is 0.417 e. The van der Waals surface area contributed by atoms with E-state index in [2.05, 4.69) is 14.8 Å². The molecule has 6 nitrogen and oxygen atoms in total. The zero-order valence-corrected chi connectivity index (χ0v) is 8.99. The summed E-state index contributed by atoms with van der Waals surface area (Å²) in [4.78, 5) is 23.9. The Morgan fingerprint density at radius 3 is 2.87 bits per heavy atom. The van der Waals surface area contributed by atoms with Crippen molar-refractivity contribution in [3.05, 3.63) is 0 Å². The summed E-state index contributed by atoms with van der Waals surface area (Å²) in [5.41, 5.74) is 0. The van der Waals surface area contributed by atoms with E-state index in [1.54, 1.807) is 0 Å². The van der Waals surface area contributed by atoms with E-state index in [4.69, 9.17) is 0 Å². The van der Waals surface area contributed by atoms with Gasteiger partial charge in [0.2, 0.25) is 0 Å². The summed E-state index contributed by atoms with van der Waals surface area (Å²) < 4.78 is 9.13. The average molecular weight is 216 g/mol. The van der Waals surface area contributed by atoms with E-state index in [9.17, 15) is 9.59 Å². The molecule has 1 unspecified atom stereocenters. The fourth-order valence-corrected chi connectivity index (χ4v) is 1.41. The Bertz CT molecular complexity index is 244. The lowest BCUT2D eigenvalue weighted by molar-refractivity contribution is -0.142. The first-order valence-electron chi connectivity index (χ1n) is 4.85. The van der Waals surface area contributed by atoms with Crippen molar-refractivity contribution in [3.63, 3.8) is 0 Å². The smallest absolute Gasteiger partial charge is 0.374 e. The van der Waals surface area contributed by atoms with E-state index in [-0.39, 0.29) is 12.6 Å². The van der Waals surface area contributed by atoms with Crippen LogP contribution in [0, 0.1) is 0 Å². The summed E-state index contributed by atoms with van der Waals surface area (Å²) in [6, 6.07) is 0.226. The minimum atomic E-state index is -0.659. The lowest BCUT2D eigenvalue weighted by atomic mass is 10.2. The van der Waals surface area contributed by atoms with Crippen molar-refractivity contribution in [2.45, 2.75) is 13.0 Å². The highest BCUT2D eigenvalue weighted by molar-refractivity contribution is 5.85. The second kappa shape index (κ2) is 5.67. The average Bonchev–Trinajstić information content (AvgIpc) is 2.18. The van der Waals surface area contributed by atoms with Gasteiger partial charge in [-0.15, -0.1) is 0 Å². The van der Waals surface area contributed by atoms with Gasteiger partial charge in [-0.1, -0.05) is 0 Å². The normalized spacial score (nSPS) is 21.2. The number of hydrogen-bond donors (Lipinski definition) is 1. The first-order valence-corrected chi connectivity index (χ1v) is 4.85. The zero-order chi connectivity index (χ0) is 11.3. The Labute approximate surface area is 88.5 Å². The van der Waals surface area contributed by atoms with E-state index in [1.165, 1.54) is 12.0 Å². The highest BCUT2D eigenvalue weighted by Gasteiger charge is 2.23. The summed E-state index contributed by atoms with van der Waals surface area (Å²) in [6.45, 7) is 3.60. The molecule has 0 radical (unpaired) electrons. The van der Waals surface area contributed by atoms with Gasteiger partial charge in [0, 0.05) is 32.8 Å². The molecule has 0 aromatic carbocycles. The number of carbonyl (C=O) groups is 2. The second-order valence-electron chi connectivity index (χ2n) is 3.47. The van der Waals surface area contributed by atoms with E-state index >= 15 is 0 Å². The predicted octanol–water partition coefficient (Wildman–Crippen LogP) is -0.410. The monoisotopic (exact) mass is 216 g/mol. The molecule has 1 N–H and O–H groups in total. The first kappa shape index (κ1) is 11.9. The maximum Gasteiger partial charge on any atom is 0.417 e. The summed E-state index contributed by atoms with van der Waals surface area (Å²) in [7, 11) is 1.37. The van der Waals surface area contributed by atoms with Crippen LogP contribution in [0.15, 0.2) is 0 Å². The molecule has 0 aliphatic carbocycles. The molecule has 0 aromatic heterocycles. The minimum Gasteiger partial charge on any atom is -0.374 e. The van der Waals surface area contributed by atoms with Crippen LogP contribution in [-0.4, -0.2) is 56.4 Å². The standard InChI is InChI=1S/C9H16N2O4/c1-7-5-11(4-3-10-7)9(13)15-8(12)6-14-2/h7,10H,3-6H2,1-2H3. The van der Waals surface area contributed by atoms with Crippen LogP contribution in [-0.2, 0) is 14.3 Å². The van der Waals surface area contributed by atoms with Crippen LogP contribution >= 0.6 is 0 Å². The topological polar surface area (TPSA) is 67.9 Å². The van der Waals surface area contributed by atoms with E-state index in [1.807, 2.05) is 6.92 Å². The molecule has 1 atom stereocenters. The second-order valence-corrected chi connectivity index (χ2v) is 3.47. The third kappa shape index (κ3) is 3.85. The van der Waals surface area contributed by atoms with Crippen molar-refractivity contribution in [2.24, 2.45) is 0 Å². The third-order valence-electron chi connectivity index (χ3n) is 2.09. The van der Waals surface area contributed by atoms with Gasteiger partial charge < -0.3 is 19.7 Å². The summed E-state index contributed by atoms with van der Waals surface area (Å²) in [5.74, 6) is -0.659. The summed E-state index contributed by atoms with van der Waals surface area (Å²) >= 11 is 0. The van der Waals surface area contributed by atoms with Crippen LogP contribution in [0.3, 0.4) is 0 Å². The Morgan fingerprint density at radius 2 is 2.27 bits per heavy atom. The molecule has 1 saturated heterocycles. The molecule has 6 heteroatoms. The zero-order valence-electron chi connectivity index (χ0n) is 8.99.